The molecule has 6 heteroatoms. The Bertz CT molecular complexity index is 865. The number of carboxylic acids is 1. The van der Waals surface area contributed by atoms with Crippen molar-refractivity contribution in [3.63, 3.8) is 0 Å². The molecule has 5 nitrogen and oxygen atoms in total. The summed E-state index contributed by atoms with van der Waals surface area (Å²) in [6.07, 6.45) is 0. The SMILES string of the molecule is Cc1cc(C(=O)[O-])cc(S(=O)(=O)Nc2c(C)cccc2C)c1C. The lowest BCUT2D eigenvalue weighted by Gasteiger charge is -2.17. The Hall–Kier alpha value is -2.34. The lowest BCUT2D eigenvalue weighted by molar-refractivity contribution is -0.255. The van der Waals surface area contributed by atoms with Crippen molar-refractivity contribution in [2.45, 2.75) is 32.6 Å². The van der Waals surface area contributed by atoms with E-state index in [0.717, 1.165) is 17.2 Å². The highest BCUT2D eigenvalue weighted by Gasteiger charge is 2.21. The molecule has 0 heterocycles. The van der Waals surface area contributed by atoms with Crippen LogP contribution in [0.15, 0.2) is 35.2 Å². The van der Waals surface area contributed by atoms with E-state index in [0.29, 0.717) is 16.8 Å². The van der Waals surface area contributed by atoms with Gasteiger partial charge in [-0.2, -0.15) is 0 Å². The zero-order chi connectivity index (χ0) is 17.4. The van der Waals surface area contributed by atoms with Crippen LogP contribution < -0.4 is 9.83 Å². The predicted octanol–water partition coefficient (Wildman–Crippen LogP) is 2.08. The van der Waals surface area contributed by atoms with E-state index in [1.165, 1.54) is 6.07 Å². The van der Waals surface area contributed by atoms with Crippen LogP contribution in [0.4, 0.5) is 5.69 Å². The maximum Gasteiger partial charge on any atom is 0.262 e. The molecule has 0 unspecified atom stereocenters. The Morgan fingerprint density at radius 2 is 1.57 bits per heavy atom. The van der Waals surface area contributed by atoms with Crippen LogP contribution in [0.2, 0.25) is 0 Å². The number of anilines is 1. The molecule has 0 amide bonds. The molecule has 23 heavy (non-hydrogen) atoms. The van der Waals surface area contributed by atoms with Crippen LogP contribution in [0.5, 0.6) is 0 Å². The zero-order valence-corrected chi connectivity index (χ0v) is 14.2. The zero-order valence-electron chi connectivity index (χ0n) is 13.4. The van der Waals surface area contributed by atoms with Gasteiger partial charge in [-0.25, -0.2) is 8.42 Å². The Labute approximate surface area is 136 Å². The first-order valence-corrected chi connectivity index (χ1v) is 8.53. The molecule has 2 aromatic carbocycles. The van der Waals surface area contributed by atoms with Crippen LogP contribution in [0.3, 0.4) is 0 Å². The van der Waals surface area contributed by atoms with Gasteiger partial charge in [-0.15, -0.1) is 0 Å². The van der Waals surface area contributed by atoms with Crippen molar-refractivity contribution in [3.05, 3.63) is 58.1 Å². The molecule has 0 aliphatic carbocycles. The number of nitrogens with one attached hydrogen (secondary N) is 1. The highest BCUT2D eigenvalue weighted by atomic mass is 32.2. The van der Waals surface area contributed by atoms with Crippen molar-refractivity contribution in [3.8, 4) is 0 Å². The molecule has 0 radical (unpaired) electrons. The third-order valence-corrected chi connectivity index (χ3v) is 5.34. The number of para-hydroxylation sites is 1. The first-order valence-electron chi connectivity index (χ1n) is 7.05. The quantitative estimate of drug-likeness (QED) is 0.929. The number of hydrogen-bond donors (Lipinski definition) is 1. The van der Waals surface area contributed by atoms with Gasteiger partial charge in [0.05, 0.1) is 16.6 Å². The minimum atomic E-state index is -3.91. The van der Waals surface area contributed by atoms with E-state index >= 15 is 0 Å². The number of aromatic carboxylic acids is 1. The first-order chi connectivity index (χ1) is 10.6. The standard InChI is InChI=1S/C17H19NO4S/c1-10-6-5-7-11(2)16(10)18-23(21,22)15-9-14(17(19)20)8-12(3)13(15)4/h5-9,18H,1-4H3,(H,19,20)/p-1. The molecule has 0 spiro atoms. The van der Waals surface area contributed by atoms with Gasteiger partial charge in [-0.05, 0) is 67.6 Å². The number of carbonyl (C=O) groups excluding carboxylic acids is 1. The van der Waals surface area contributed by atoms with Crippen molar-refractivity contribution in [1.82, 2.24) is 0 Å². The van der Waals surface area contributed by atoms with Gasteiger partial charge in [0.1, 0.15) is 0 Å². The number of aryl methyl sites for hydroxylation is 3. The number of benzene rings is 2. The molecular weight excluding hydrogens is 314 g/mol. The summed E-state index contributed by atoms with van der Waals surface area (Å²) < 4.78 is 28.0. The second kappa shape index (κ2) is 6.04. The van der Waals surface area contributed by atoms with Crippen molar-refractivity contribution < 1.29 is 18.3 Å². The summed E-state index contributed by atoms with van der Waals surface area (Å²) in [5, 5.41) is 11.1. The number of carbonyl (C=O) groups is 1. The third-order valence-electron chi connectivity index (χ3n) is 3.86. The van der Waals surface area contributed by atoms with Crippen LogP contribution in [-0.4, -0.2) is 14.4 Å². The second-order valence-electron chi connectivity index (χ2n) is 5.58. The largest absolute Gasteiger partial charge is 0.545 e. The van der Waals surface area contributed by atoms with Gasteiger partial charge in [-0.1, -0.05) is 18.2 Å². The van der Waals surface area contributed by atoms with Gasteiger partial charge in [0.2, 0.25) is 0 Å². The van der Waals surface area contributed by atoms with Gasteiger partial charge in [-0.3, -0.25) is 4.72 Å². The summed E-state index contributed by atoms with van der Waals surface area (Å²) >= 11 is 0. The highest BCUT2D eigenvalue weighted by Crippen LogP contribution is 2.26. The monoisotopic (exact) mass is 332 g/mol. The first kappa shape index (κ1) is 17.0. The van der Waals surface area contributed by atoms with Gasteiger partial charge in [0.25, 0.3) is 10.0 Å². The summed E-state index contributed by atoms with van der Waals surface area (Å²) in [7, 11) is -3.91. The molecule has 0 fully saturated rings. The van der Waals surface area contributed by atoms with Crippen LogP contribution in [0.1, 0.15) is 32.6 Å². The molecule has 0 aliphatic heterocycles. The summed E-state index contributed by atoms with van der Waals surface area (Å²) in [6.45, 7) is 6.93. The van der Waals surface area contributed by atoms with Crippen molar-refractivity contribution in [2.24, 2.45) is 0 Å². The van der Waals surface area contributed by atoms with Crippen LogP contribution in [0, 0.1) is 27.7 Å². The van der Waals surface area contributed by atoms with E-state index in [2.05, 4.69) is 4.72 Å². The van der Waals surface area contributed by atoms with E-state index in [1.807, 2.05) is 6.07 Å². The molecule has 0 aromatic heterocycles. The number of carboxylic acid groups (broad SMARTS) is 1. The summed E-state index contributed by atoms with van der Waals surface area (Å²) in [4.78, 5) is 11.0. The van der Waals surface area contributed by atoms with Crippen molar-refractivity contribution >= 4 is 21.7 Å². The fourth-order valence-corrected chi connectivity index (χ4v) is 3.94. The molecule has 2 rings (SSSR count). The fraction of sp³-hybridized carbons (Fsp3) is 0.235. The Morgan fingerprint density at radius 3 is 2.09 bits per heavy atom. The van der Waals surface area contributed by atoms with E-state index in [9.17, 15) is 18.3 Å². The number of hydrogen-bond acceptors (Lipinski definition) is 4. The predicted molar refractivity (Wildman–Crippen MR) is 87.0 cm³/mol. The van der Waals surface area contributed by atoms with Crippen LogP contribution in [-0.2, 0) is 10.0 Å². The molecule has 0 atom stereocenters. The Balaban J connectivity index is 2.59. The molecular formula is C17H18NO4S-. The smallest absolute Gasteiger partial charge is 0.262 e. The molecule has 1 N–H and O–H groups in total. The molecule has 0 bridgehead atoms. The fourth-order valence-electron chi connectivity index (χ4n) is 2.39. The minimum absolute atomic E-state index is 0.0562. The van der Waals surface area contributed by atoms with Crippen LogP contribution >= 0.6 is 0 Å². The second-order valence-corrected chi connectivity index (χ2v) is 7.23. The average molecular weight is 332 g/mol. The number of rotatable bonds is 4. The van der Waals surface area contributed by atoms with Gasteiger partial charge < -0.3 is 9.90 Å². The van der Waals surface area contributed by atoms with Gasteiger partial charge >= 0.3 is 0 Å². The van der Waals surface area contributed by atoms with Crippen LogP contribution in [0.25, 0.3) is 0 Å². The van der Waals surface area contributed by atoms with E-state index in [1.54, 1.807) is 39.8 Å². The lowest BCUT2D eigenvalue weighted by atomic mass is 10.1. The molecule has 0 saturated heterocycles. The lowest BCUT2D eigenvalue weighted by Crippen LogP contribution is -2.24. The topological polar surface area (TPSA) is 86.3 Å². The van der Waals surface area contributed by atoms with Crippen molar-refractivity contribution in [1.29, 1.82) is 0 Å². The Morgan fingerprint density at radius 1 is 1.00 bits per heavy atom. The third kappa shape index (κ3) is 3.37. The average Bonchev–Trinajstić information content (AvgIpc) is 2.45. The maximum absolute atomic E-state index is 12.7. The Kier molecular flexibility index (Phi) is 4.47. The van der Waals surface area contributed by atoms with Gasteiger partial charge in [0.15, 0.2) is 0 Å². The summed E-state index contributed by atoms with van der Waals surface area (Å²) in [6, 6.07) is 7.99. The minimum Gasteiger partial charge on any atom is -0.545 e. The van der Waals surface area contributed by atoms with Gasteiger partial charge in [0, 0.05) is 0 Å². The number of sulfonamides is 1. The normalized spacial score (nSPS) is 11.3. The molecule has 0 saturated carbocycles. The highest BCUT2D eigenvalue weighted by molar-refractivity contribution is 7.92. The van der Waals surface area contributed by atoms with Crippen molar-refractivity contribution in [2.75, 3.05) is 4.72 Å². The molecule has 122 valence electrons. The van der Waals surface area contributed by atoms with E-state index in [4.69, 9.17) is 0 Å². The summed E-state index contributed by atoms with van der Waals surface area (Å²) in [5.74, 6) is -1.41. The maximum atomic E-state index is 12.7. The molecule has 0 aliphatic rings. The van der Waals surface area contributed by atoms with E-state index in [-0.39, 0.29) is 10.5 Å². The summed E-state index contributed by atoms with van der Waals surface area (Å²) in [5.41, 5.74) is 3.01. The molecule has 2 aromatic rings. The van der Waals surface area contributed by atoms with E-state index < -0.39 is 16.0 Å².